The molecular weight excluding hydrogens is 286 g/mol. The van der Waals surface area contributed by atoms with Gasteiger partial charge in [0.05, 0.1) is 6.61 Å². The fourth-order valence-electron chi connectivity index (χ4n) is 2.10. The Bertz CT molecular complexity index is 613. The van der Waals surface area contributed by atoms with Crippen LogP contribution in [0.2, 0.25) is 0 Å². The molecule has 1 amide bonds. The van der Waals surface area contributed by atoms with E-state index >= 15 is 0 Å². The Balaban J connectivity index is 2.04. The van der Waals surface area contributed by atoms with Crippen molar-refractivity contribution in [2.24, 2.45) is 0 Å². The van der Waals surface area contributed by atoms with Crippen LogP contribution in [0, 0.1) is 0 Å². The number of halogens is 1. The Morgan fingerprint density at radius 1 is 1.14 bits per heavy atom. The Hall–Kier alpha value is -1.84. The molecule has 0 saturated heterocycles. The van der Waals surface area contributed by atoms with Crippen molar-refractivity contribution < 1.29 is 9.53 Å². The van der Waals surface area contributed by atoms with E-state index in [0.29, 0.717) is 24.6 Å². The standard InChI is InChI=1S/C17H18ClNO2/c1-21-12-16-7-3-2-6-15(16)11-19-17(20)14-8-4-5-13(9-14)10-18/h2-9H,10-12H2,1H3,(H,19,20). The van der Waals surface area contributed by atoms with Crippen LogP contribution in [0.25, 0.3) is 0 Å². The van der Waals surface area contributed by atoms with Gasteiger partial charge in [-0.15, -0.1) is 11.6 Å². The van der Waals surface area contributed by atoms with E-state index in [4.69, 9.17) is 16.3 Å². The topological polar surface area (TPSA) is 38.3 Å². The first-order valence-corrected chi connectivity index (χ1v) is 7.27. The lowest BCUT2D eigenvalue weighted by Crippen LogP contribution is -2.23. The third kappa shape index (κ3) is 4.31. The van der Waals surface area contributed by atoms with Gasteiger partial charge >= 0.3 is 0 Å². The maximum atomic E-state index is 12.2. The van der Waals surface area contributed by atoms with Crippen molar-refractivity contribution in [3.63, 3.8) is 0 Å². The highest BCUT2D eigenvalue weighted by atomic mass is 35.5. The lowest BCUT2D eigenvalue weighted by atomic mass is 10.1. The Morgan fingerprint density at radius 2 is 1.90 bits per heavy atom. The van der Waals surface area contributed by atoms with Crippen molar-refractivity contribution in [2.75, 3.05) is 7.11 Å². The number of nitrogens with one attached hydrogen (secondary N) is 1. The first-order valence-electron chi connectivity index (χ1n) is 6.73. The minimum absolute atomic E-state index is 0.103. The molecule has 0 saturated carbocycles. The smallest absolute Gasteiger partial charge is 0.251 e. The van der Waals surface area contributed by atoms with Crippen molar-refractivity contribution >= 4 is 17.5 Å². The van der Waals surface area contributed by atoms with E-state index in [1.165, 1.54) is 0 Å². The molecule has 0 fully saturated rings. The Kier molecular flexibility index (Phi) is 5.78. The molecule has 2 aromatic rings. The molecule has 4 heteroatoms. The number of alkyl halides is 1. The van der Waals surface area contributed by atoms with Crippen molar-refractivity contribution in [1.82, 2.24) is 5.32 Å². The lowest BCUT2D eigenvalue weighted by Gasteiger charge is -2.10. The van der Waals surface area contributed by atoms with Crippen LogP contribution in [0.5, 0.6) is 0 Å². The fraction of sp³-hybridized carbons (Fsp3) is 0.235. The van der Waals surface area contributed by atoms with Gasteiger partial charge in [0.15, 0.2) is 0 Å². The van der Waals surface area contributed by atoms with Gasteiger partial charge in [-0.2, -0.15) is 0 Å². The second kappa shape index (κ2) is 7.81. The van der Waals surface area contributed by atoms with Gasteiger partial charge < -0.3 is 10.1 Å². The molecule has 110 valence electrons. The molecule has 0 aliphatic heterocycles. The van der Waals surface area contributed by atoms with Crippen molar-refractivity contribution in [2.45, 2.75) is 19.0 Å². The van der Waals surface area contributed by atoms with Crippen LogP contribution < -0.4 is 5.32 Å². The van der Waals surface area contributed by atoms with Crippen LogP contribution in [-0.2, 0) is 23.8 Å². The van der Waals surface area contributed by atoms with E-state index < -0.39 is 0 Å². The number of ether oxygens (including phenoxy) is 1. The van der Waals surface area contributed by atoms with Gasteiger partial charge in [-0.05, 0) is 28.8 Å². The van der Waals surface area contributed by atoms with E-state index in [9.17, 15) is 4.79 Å². The summed E-state index contributed by atoms with van der Waals surface area (Å²) in [5, 5.41) is 2.93. The number of methoxy groups -OCH3 is 1. The fourth-order valence-corrected chi connectivity index (χ4v) is 2.27. The molecule has 0 aliphatic carbocycles. The van der Waals surface area contributed by atoms with Crippen LogP contribution in [0.4, 0.5) is 0 Å². The summed E-state index contributed by atoms with van der Waals surface area (Å²) in [6.07, 6.45) is 0. The second-order valence-corrected chi connectivity index (χ2v) is 4.99. The predicted molar refractivity (Wildman–Crippen MR) is 84.3 cm³/mol. The average Bonchev–Trinajstić information content (AvgIpc) is 2.54. The van der Waals surface area contributed by atoms with Gasteiger partial charge in [0.25, 0.3) is 5.91 Å². The van der Waals surface area contributed by atoms with Crippen LogP contribution >= 0.6 is 11.6 Å². The molecule has 0 spiro atoms. The third-order valence-corrected chi connectivity index (χ3v) is 3.51. The molecule has 0 unspecified atom stereocenters. The summed E-state index contributed by atoms with van der Waals surface area (Å²) in [6, 6.07) is 15.2. The number of carbonyl (C=O) groups is 1. The summed E-state index contributed by atoms with van der Waals surface area (Å²) in [7, 11) is 1.66. The lowest BCUT2D eigenvalue weighted by molar-refractivity contribution is 0.0950. The monoisotopic (exact) mass is 303 g/mol. The summed E-state index contributed by atoms with van der Waals surface area (Å²) < 4.78 is 5.16. The first kappa shape index (κ1) is 15.5. The molecule has 2 aromatic carbocycles. The van der Waals surface area contributed by atoms with E-state index in [1.54, 1.807) is 13.2 Å². The minimum Gasteiger partial charge on any atom is -0.380 e. The number of rotatable bonds is 6. The maximum absolute atomic E-state index is 12.2. The Morgan fingerprint density at radius 3 is 2.62 bits per heavy atom. The summed E-state index contributed by atoms with van der Waals surface area (Å²) in [4.78, 5) is 12.2. The van der Waals surface area contributed by atoms with Gasteiger partial charge in [-0.25, -0.2) is 0 Å². The molecular formula is C17H18ClNO2. The molecule has 0 atom stereocenters. The Labute approximate surface area is 129 Å². The highest BCUT2D eigenvalue weighted by Crippen LogP contribution is 2.11. The second-order valence-electron chi connectivity index (χ2n) is 4.72. The van der Waals surface area contributed by atoms with Crippen molar-refractivity contribution in [3.8, 4) is 0 Å². The van der Waals surface area contributed by atoms with E-state index in [2.05, 4.69) is 5.32 Å². The zero-order valence-electron chi connectivity index (χ0n) is 11.9. The normalized spacial score (nSPS) is 10.4. The molecule has 0 aliphatic rings. The van der Waals surface area contributed by atoms with Gasteiger partial charge in [0.1, 0.15) is 0 Å². The quantitative estimate of drug-likeness (QED) is 0.830. The largest absolute Gasteiger partial charge is 0.380 e. The molecule has 2 rings (SSSR count). The van der Waals surface area contributed by atoms with E-state index in [-0.39, 0.29) is 5.91 Å². The number of amides is 1. The highest BCUT2D eigenvalue weighted by molar-refractivity contribution is 6.17. The number of benzene rings is 2. The number of hydrogen-bond donors (Lipinski definition) is 1. The first-order chi connectivity index (χ1) is 10.2. The van der Waals surface area contributed by atoms with Crippen LogP contribution in [0.3, 0.4) is 0 Å². The molecule has 0 heterocycles. The molecule has 0 radical (unpaired) electrons. The molecule has 21 heavy (non-hydrogen) atoms. The highest BCUT2D eigenvalue weighted by Gasteiger charge is 2.07. The number of hydrogen-bond acceptors (Lipinski definition) is 2. The van der Waals surface area contributed by atoms with Crippen LogP contribution in [0.1, 0.15) is 27.0 Å². The van der Waals surface area contributed by atoms with Crippen LogP contribution in [0.15, 0.2) is 48.5 Å². The molecule has 1 N–H and O–H groups in total. The molecule has 0 bridgehead atoms. The zero-order chi connectivity index (χ0) is 15.1. The van der Waals surface area contributed by atoms with E-state index in [1.807, 2.05) is 42.5 Å². The maximum Gasteiger partial charge on any atom is 0.251 e. The summed E-state index contributed by atoms with van der Waals surface area (Å²) in [6.45, 7) is 1.01. The van der Waals surface area contributed by atoms with E-state index in [0.717, 1.165) is 16.7 Å². The third-order valence-electron chi connectivity index (χ3n) is 3.20. The predicted octanol–water partition coefficient (Wildman–Crippen LogP) is 3.50. The summed E-state index contributed by atoms with van der Waals surface area (Å²) in [5.74, 6) is 0.298. The van der Waals surface area contributed by atoms with Crippen molar-refractivity contribution in [3.05, 3.63) is 70.8 Å². The number of carbonyl (C=O) groups excluding carboxylic acids is 1. The summed E-state index contributed by atoms with van der Waals surface area (Å²) >= 11 is 5.79. The molecule has 0 aromatic heterocycles. The summed E-state index contributed by atoms with van der Waals surface area (Å²) in [5.41, 5.74) is 3.69. The van der Waals surface area contributed by atoms with Gasteiger partial charge in [0, 0.05) is 25.1 Å². The molecule has 3 nitrogen and oxygen atoms in total. The van der Waals surface area contributed by atoms with Gasteiger partial charge in [-0.1, -0.05) is 36.4 Å². The van der Waals surface area contributed by atoms with Gasteiger partial charge in [0.2, 0.25) is 0 Å². The van der Waals surface area contributed by atoms with Crippen LogP contribution in [-0.4, -0.2) is 13.0 Å². The average molecular weight is 304 g/mol. The minimum atomic E-state index is -0.103. The van der Waals surface area contributed by atoms with Crippen molar-refractivity contribution in [1.29, 1.82) is 0 Å². The SMILES string of the molecule is COCc1ccccc1CNC(=O)c1cccc(CCl)c1. The van der Waals surface area contributed by atoms with Gasteiger partial charge in [-0.3, -0.25) is 4.79 Å². The zero-order valence-corrected chi connectivity index (χ0v) is 12.7.